The average molecular weight is 1400 g/mol. The highest BCUT2D eigenvalue weighted by Gasteiger charge is 2.32. The molecule has 0 amide bonds. The van der Waals surface area contributed by atoms with Gasteiger partial charge in [-0.05, 0) is 164 Å². The maximum absolute atomic E-state index is 6.61. The van der Waals surface area contributed by atoms with Gasteiger partial charge >= 0.3 is 0 Å². The van der Waals surface area contributed by atoms with Gasteiger partial charge in [0.2, 0.25) is 11.8 Å². The van der Waals surface area contributed by atoms with E-state index < -0.39 is 0 Å². The molecular formula is C97H60N10O2. The Morgan fingerprint density at radius 3 is 1.13 bits per heavy atom. The Morgan fingerprint density at radius 1 is 0.248 bits per heavy atom. The smallest absolute Gasteiger partial charge is 0.246 e. The Labute approximate surface area is 623 Å². The van der Waals surface area contributed by atoms with E-state index in [9.17, 15) is 0 Å². The zero-order valence-corrected chi connectivity index (χ0v) is 58.4. The van der Waals surface area contributed by atoms with Gasteiger partial charge in [0.15, 0.2) is 11.2 Å². The summed E-state index contributed by atoms with van der Waals surface area (Å²) in [5, 5.41) is 9.83. The van der Waals surface area contributed by atoms with Crippen molar-refractivity contribution in [3.05, 3.63) is 364 Å². The second-order valence-corrected chi connectivity index (χ2v) is 27.9. The van der Waals surface area contributed by atoms with Crippen LogP contribution in [0.25, 0.3) is 155 Å². The quantitative estimate of drug-likeness (QED) is 0.141. The van der Waals surface area contributed by atoms with Gasteiger partial charge in [0, 0.05) is 83.5 Å². The monoisotopic (exact) mass is 1400 g/mol. The van der Waals surface area contributed by atoms with Crippen molar-refractivity contribution < 1.29 is 8.83 Å². The van der Waals surface area contributed by atoms with E-state index in [1.165, 1.54) is 65.2 Å². The Morgan fingerprint density at radius 2 is 0.633 bits per heavy atom. The van der Waals surface area contributed by atoms with Crippen molar-refractivity contribution in [3.8, 4) is 45.8 Å². The maximum atomic E-state index is 6.61. The third-order valence-corrected chi connectivity index (χ3v) is 21.9. The molecule has 7 aromatic heterocycles. The molecule has 0 atom stereocenters. The first kappa shape index (κ1) is 60.4. The SMILES string of the molecule is c1ccc(N(c2ccccc2)c2ccc3c4ccccc4n(-c4ccc(-c5nc6ccc(N7c8ccccc8-n8c9ccccc9c9cccc7c98)cc6o5)cc4)c3c2)cc1.c1ccc2c(c1)N(c1ccc3nc(-c4ccc(-n5c6ccccc6c6ccccc65)cn4)oc3c1)c1cccc3c4ccccc4n-2c13. The number of hydrogen-bond acceptors (Lipinski definition) is 8. The highest BCUT2D eigenvalue weighted by atomic mass is 16.4. The van der Waals surface area contributed by atoms with E-state index in [-0.39, 0.29) is 0 Å². The molecule has 15 aromatic carbocycles. The highest BCUT2D eigenvalue weighted by molar-refractivity contribution is 6.19. The van der Waals surface area contributed by atoms with Crippen LogP contribution in [0.2, 0.25) is 0 Å². The van der Waals surface area contributed by atoms with Crippen LogP contribution in [0.15, 0.2) is 373 Å². The second kappa shape index (κ2) is 23.8. The predicted molar refractivity (Wildman–Crippen MR) is 445 cm³/mol. The summed E-state index contributed by atoms with van der Waals surface area (Å²) in [6, 6.07) is 126. The van der Waals surface area contributed by atoms with Crippen molar-refractivity contribution in [2.75, 3.05) is 14.7 Å². The molecule has 24 rings (SSSR count). The molecule has 109 heavy (non-hydrogen) atoms. The summed E-state index contributed by atoms with van der Waals surface area (Å²) in [5.41, 5.74) is 28.2. The molecule has 0 aliphatic carbocycles. The fourth-order valence-corrected chi connectivity index (χ4v) is 17.3. The number of aromatic nitrogens is 7. The molecule has 0 N–H and O–H groups in total. The number of nitrogens with zero attached hydrogens (tertiary/aromatic N) is 10. The zero-order valence-electron chi connectivity index (χ0n) is 58.4. The van der Waals surface area contributed by atoms with Gasteiger partial charge in [-0.25, -0.2) is 15.0 Å². The summed E-state index contributed by atoms with van der Waals surface area (Å²) in [7, 11) is 0. The van der Waals surface area contributed by atoms with Gasteiger partial charge in [-0.3, -0.25) is 0 Å². The van der Waals surface area contributed by atoms with Crippen molar-refractivity contribution in [2.24, 2.45) is 0 Å². The first-order chi connectivity index (χ1) is 54.1. The van der Waals surface area contributed by atoms with Crippen LogP contribution >= 0.6 is 0 Å². The molecular weight excluding hydrogens is 1340 g/mol. The van der Waals surface area contributed by atoms with Crippen LogP contribution in [0.5, 0.6) is 0 Å². The van der Waals surface area contributed by atoms with Crippen LogP contribution in [0.1, 0.15) is 0 Å². The number of hydrogen-bond donors (Lipinski definition) is 0. The summed E-state index contributed by atoms with van der Waals surface area (Å²) < 4.78 is 22.5. The van der Waals surface area contributed by atoms with E-state index in [1.54, 1.807) is 0 Å². The fourth-order valence-electron chi connectivity index (χ4n) is 17.3. The number of pyridine rings is 1. The number of fused-ring (bicyclic) bond motifs is 18. The summed E-state index contributed by atoms with van der Waals surface area (Å²) in [6.07, 6.45) is 1.90. The van der Waals surface area contributed by atoms with Crippen LogP contribution in [0.4, 0.5) is 51.2 Å². The Bertz CT molecular complexity index is 7360. The lowest BCUT2D eigenvalue weighted by Gasteiger charge is -2.33. The Hall–Kier alpha value is -15.0. The van der Waals surface area contributed by atoms with Crippen LogP contribution in [0.3, 0.4) is 0 Å². The van der Waals surface area contributed by atoms with Gasteiger partial charge in [0.25, 0.3) is 0 Å². The topological polar surface area (TPSA) is 94.4 Å². The fraction of sp³-hybridized carbons (Fsp3) is 0. The number of anilines is 9. The lowest BCUT2D eigenvalue weighted by Crippen LogP contribution is -2.17. The second-order valence-electron chi connectivity index (χ2n) is 27.9. The van der Waals surface area contributed by atoms with Crippen molar-refractivity contribution >= 4 is 161 Å². The van der Waals surface area contributed by atoms with Crippen LogP contribution in [-0.4, -0.2) is 33.2 Å². The summed E-state index contributed by atoms with van der Waals surface area (Å²) in [6.45, 7) is 0. The van der Waals surface area contributed by atoms with Gasteiger partial charge in [-0.1, -0.05) is 182 Å². The lowest BCUT2D eigenvalue weighted by molar-refractivity contribution is 0.616. The minimum absolute atomic E-state index is 0.497. The molecule has 0 saturated heterocycles. The zero-order chi connectivity index (χ0) is 71.4. The molecule has 510 valence electrons. The van der Waals surface area contributed by atoms with E-state index in [0.29, 0.717) is 23.1 Å². The number of rotatable bonds is 9. The minimum atomic E-state index is 0.497. The number of oxazole rings is 2. The largest absolute Gasteiger partial charge is 0.436 e. The van der Waals surface area contributed by atoms with Crippen LogP contribution < -0.4 is 14.7 Å². The van der Waals surface area contributed by atoms with E-state index in [0.717, 1.165) is 118 Å². The van der Waals surface area contributed by atoms with Crippen molar-refractivity contribution in [2.45, 2.75) is 0 Å². The van der Waals surface area contributed by atoms with Gasteiger partial charge in [-0.2, -0.15) is 0 Å². The summed E-state index contributed by atoms with van der Waals surface area (Å²) in [5.74, 6) is 1.09. The molecule has 0 radical (unpaired) electrons. The van der Waals surface area contributed by atoms with Gasteiger partial charge in [-0.15, -0.1) is 0 Å². The van der Waals surface area contributed by atoms with E-state index in [4.69, 9.17) is 23.8 Å². The third-order valence-electron chi connectivity index (χ3n) is 21.9. The Balaban J connectivity index is 0.000000135. The van der Waals surface area contributed by atoms with E-state index in [1.807, 2.05) is 18.3 Å². The van der Waals surface area contributed by atoms with Gasteiger partial charge < -0.3 is 41.8 Å². The molecule has 0 spiro atoms. The lowest BCUT2D eigenvalue weighted by atomic mass is 10.1. The molecule has 2 aliphatic heterocycles. The molecule has 9 heterocycles. The van der Waals surface area contributed by atoms with Crippen LogP contribution in [-0.2, 0) is 0 Å². The molecule has 22 aromatic rings. The van der Waals surface area contributed by atoms with Crippen molar-refractivity contribution in [3.63, 3.8) is 0 Å². The standard InChI is InChI=1S/C55H35N5O.C42H25N5O/c1-3-14-37(15-4-1)57(38-16-5-2-6-17-38)40-30-32-44-42-18-7-9-21-47(42)58(52(44)34-40)39-28-26-36(27-29-39)55-56-46-33-31-41(35-53(46)61-55)59-49-23-11-12-24-50(49)60-48-22-10-8-19-43(48)45-20-13-25-51(59)54(45)60;1-4-14-34-28(10-1)29-11-2-5-15-35(29)46(34)27-21-23-33(43-25-27)42-44-32-22-20-26(24-40(32)48-42)45-37-17-7-8-18-38(37)47-36-16-6-3-12-30(36)31-13-9-19-39(45)41(31)47/h1-35H;1-25H. The summed E-state index contributed by atoms with van der Waals surface area (Å²) >= 11 is 0. The van der Waals surface area contributed by atoms with E-state index in [2.05, 4.69) is 379 Å². The number of benzene rings is 15. The predicted octanol–water partition coefficient (Wildman–Crippen LogP) is 25.8. The first-order valence-electron chi connectivity index (χ1n) is 36.7. The van der Waals surface area contributed by atoms with Gasteiger partial charge in [0.05, 0.1) is 102 Å². The number of para-hydroxylation sites is 13. The minimum Gasteiger partial charge on any atom is -0.436 e. The molecule has 12 heteroatoms. The molecule has 0 bridgehead atoms. The molecule has 0 fully saturated rings. The molecule has 12 nitrogen and oxygen atoms in total. The summed E-state index contributed by atoms with van der Waals surface area (Å²) in [4.78, 5) is 21.7. The van der Waals surface area contributed by atoms with E-state index >= 15 is 0 Å². The molecule has 2 aliphatic rings. The molecule has 0 unspecified atom stereocenters. The third kappa shape index (κ3) is 9.22. The normalized spacial score (nSPS) is 12.4. The maximum Gasteiger partial charge on any atom is 0.246 e. The molecule has 0 saturated carbocycles. The van der Waals surface area contributed by atoms with Crippen molar-refractivity contribution in [1.82, 2.24) is 33.2 Å². The van der Waals surface area contributed by atoms with Crippen LogP contribution in [0, 0.1) is 0 Å². The van der Waals surface area contributed by atoms with Crippen molar-refractivity contribution in [1.29, 1.82) is 0 Å². The van der Waals surface area contributed by atoms with Gasteiger partial charge in [0.1, 0.15) is 16.7 Å². The Kier molecular flexibility index (Phi) is 13.2. The first-order valence-corrected chi connectivity index (χ1v) is 36.7. The average Bonchev–Trinajstić information content (AvgIpc) is 1.59. The highest BCUT2D eigenvalue weighted by Crippen LogP contribution is 2.53.